The highest BCUT2D eigenvalue weighted by Gasteiger charge is 2.29. The minimum atomic E-state index is -2.90. The van der Waals surface area contributed by atoms with Crippen molar-refractivity contribution in [3.63, 3.8) is 0 Å². The van der Waals surface area contributed by atoms with Crippen molar-refractivity contribution in [2.24, 2.45) is 0 Å². The summed E-state index contributed by atoms with van der Waals surface area (Å²) >= 11 is 0. The van der Waals surface area contributed by atoms with Gasteiger partial charge in [-0.3, -0.25) is 18.2 Å². The topological polar surface area (TPSA) is 90.3 Å². The number of anilines is 2. The van der Waals surface area contributed by atoms with Crippen LogP contribution in [-0.2, 0) is 9.53 Å². The molecular weight excluding hydrogens is 332 g/mol. The van der Waals surface area contributed by atoms with Gasteiger partial charge >= 0.3 is 5.97 Å². The summed E-state index contributed by atoms with van der Waals surface area (Å²) < 4.78 is 27.0. The van der Waals surface area contributed by atoms with Crippen LogP contribution in [0.4, 0.5) is 11.4 Å². The molecule has 2 saturated heterocycles. The Morgan fingerprint density at radius 1 is 1.12 bits per heavy atom. The van der Waals surface area contributed by atoms with E-state index in [2.05, 4.69) is 0 Å². The molecule has 24 heavy (non-hydrogen) atoms. The average Bonchev–Trinajstić information content (AvgIpc) is 2.99. The van der Waals surface area contributed by atoms with E-state index < -0.39 is 16.7 Å². The highest BCUT2D eigenvalue weighted by Crippen LogP contribution is 2.50. The summed E-state index contributed by atoms with van der Waals surface area (Å²) in [6.07, 6.45) is 2.86. The number of benzene rings is 1. The first-order valence-corrected chi connectivity index (χ1v) is 9.67. The zero-order valence-corrected chi connectivity index (χ0v) is 14.4. The van der Waals surface area contributed by atoms with Gasteiger partial charge in [0.2, 0.25) is 5.91 Å². The third-order valence-corrected chi connectivity index (χ3v) is 6.31. The molecule has 2 aliphatic rings. The molecule has 8 heteroatoms. The molecule has 1 aromatic rings. The maximum absolute atomic E-state index is 12.0. The van der Waals surface area contributed by atoms with Crippen molar-refractivity contribution in [1.29, 1.82) is 0 Å². The molecule has 2 aliphatic heterocycles. The number of hydrogen-bond donors (Lipinski definition) is 2. The number of carbonyl (C=O) groups is 2. The Morgan fingerprint density at radius 2 is 1.88 bits per heavy atom. The first-order chi connectivity index (χ1) is 11.4. The van der Waals surface area contributed by atoms with E-state index in [4.69, 9.17) is 4.74 Å². The zero-order valence-electron chi connectivity index (χ0n) is 13.6. The van der Waals surface area contributed by atoms with E-state index >= 15 is 0 Å². The molecule has 0 unspecified atom stereocenters. The number of hydrogen-bond acceptors (Lipinski definition) is 6. The quantitative estimate of drug-likeness (QED) is 0.811. The fraction of sp³-hybridized carbons (Fsp3) is 0.500. The predicted octanol–water partition coefficient (Wildman–Crippen LogP) is 2.87. The van der Waals surface area contributed by atoms with Gasteiger partial charge in [-0.25, -0.2) is 4.79 Å². The first kappa shape index (κ1) is 17.1. The molecule has 0 saturated carbocycles. The maximum atomic E-state index is 12.0. The molecular formula is C16H22N2O5S. The molecule has 0 aliphatic carbocycles. The lowest BCUT2D eigenvalue weighted by atomic mass is 10.1. The van der Waals surface area contributed by atoms with Gasteiger partial charge in [0.15, 0.2) is 0 Å². The van der Waals surface area contributed by atoms with Crippen LogP contribution in [0.1, 0.15) is 36.0 Å². The Kier molecular flexibility index (Phi) is 4.71. The fourth-order valence-corrected chi connectivity index (χ4v) is 4.83. The Morgan fingerprint density at radius 3 is 2.50 bits per heavy atom. The van der Waals surface area contributed by atoms with Gasteiger partial charge in [-0.2, -0.15) is 0 Å². The van der Waals surface area contributed by atoms with Crippen LogP contribution in [0.5, 0.6) is 0 Å². The van der Waals surface area contributed by atoms with Crippen LogP contribution in [0.15, 0.2) is 18.2 Å². The van der Waals surface area contributed by atoms with Crippen molar-refractivity contribution in [2.75, 3.05) is 35.2 Å². The number of ether oxygens (including phenoxy) is 1. The second-order valence-corrected chi connectivity index (χ2v) is 8.14. The number of esters is 1. The van der Waals surface area contributed by atoms with E-state index in [1.54, 1.807) is 27.4 Å². The molecule has 0 radical (unpaired) electrons. The standard InChI is InChI=1S/C16H22N2O5S/c1-23-16(20)12-9-13(17-6-4-5-15(17)19)11-14(10-12)18-7-2-3-8-24(18,21)22/h9-11,21-22H,2-8H2,1H3. The summed E-state index contributed by atoms with van der Waals surface area (Å²) in [6, 6.07) is 4.96. The molecule has 0 spiro atoms. The van der Waals surface area contributed by atoms with Gasteiger partial charge in [0, 0.05) is 25.2 Å². The van der Waals surface area contributed by atoms with Crippen LogP contribution in [-0.4, -0.2) is 46.9 Å². The molecule has 0 bridgehead atoms. The van der Waals surface area contributed by atoms with Crippen LogP contribution in [0.3, 0.4) is 0 Å². The van der Waals surface area contributed by atoms with E-state index in [9.17, 15) is 18.7 Å². The van der Waals surface area contributed by atoms with Crippen molar-refractivity contribution in [1.82, 2.24) is 0 Å². The number of nitrogens with zero attached hydrogens (tertiary/aromatic N) is 2. The third kappa shape index (κ3) is 3.22. The van der Waals surface area contributed by atoms with Gasteiger partial charge in [-0.1, -0.05) is 0 Å². The SMILES string of the molecule is COC(=O)c1cc(N2CCCC2=O)cc(N2CCCCS2(O)O)c1. The lowest BCUT2D eigenvalue weighted by Gasteiger charge is -2.47. The number of methoxy groups -OCH3 is 1. The van der Waals surface area contributed by atoms with Crippen LogP contribution in [0.2, 0.25) is 0 Å². The smallest absolute Gasteiger partial charge is 0.337 e. The lowest BCUT2D eigenvalue weighted by molar-refractivity contribution is -0.117. The molecule has 132 valence electrons. The number of amides is 1. The fourth-order valence-electron chi connectivity index (χ4n) is 3.16. The van der Waals surface area contributed by atoms with Gasteiger partial charge in [0.05, 0.1) is 24.1 Å². The average molecular weight is 354 g/mol. The molecule has 2 heterocycles. The van der Waals surface area contributed by atoms with Crippen molar-refractivity contribution < 1.29 is 23.4 Å². The Labute approximate surface area is 142 Å². The second-order valence-electron chi connectivity index (χ2n) is 6.02. The van der Waals surface area contributed by atoms with Gasteiger partial charge in [0.1, 0.15) is 0 Å². The summed E-state index contributed by atoms with van der Waals surface area (Å²) in [7, 11) is -1.61. The number of carbonyl (C=O) groups excluding carboxylic acids is 2. The highest BCUT2D eigenvalue weighted by molar-refractivity contribution is 8.25. The Bertz CT molecular complexity index is 664. The molecule has 0 atom stereocenters. The highest BCUT2D eigenvalue weighted by atomic mass is 32.3. The summed E-state index contributed by atoms with van der Waals surface area (Å²) in [6.45, 7) is 1.10. The van der Waals surface area contributed by atoms with E-state index in [0.717, 1.165) is 19.3 Å². The summed E-state index contributed by atoms with van der Waals surface area (Å²) in [4.78, 5) is 25.7. The first-order valence-electron chi connectivity index (χ1n) is 8.00. The minimum Gasteiger partial charge on any atom is -0.465 e. The van der Waals surface area contributed by atoms with Gasteiger partial charge < -0.3 is 9.64 Å². The van der Waals surface area contributed by atoms with E-state index in [-0.39, 0.29) is 5.91 Å². The maximum Gasteiger partial charge on any atom is 0.337 e. The van der Waals surface area contributed by atoms with Crippen LogP contribution in [0, 0.1) is 0 Å². The van der Waals surface area contributed by atoms with E-state index in [0.29, 0.717) is 42.2 Å². The van der Waals surface area contributed by atoms with Crippen LogP contribution in [0.25, 0.3) is 0 Å². The van der Waals surface area contributed by atoms with Gasteiger partial charge in [-0.05, 0) is 37.5 Å². The molecule has 7 nitrogen and oxygen atoms in total. The van der Waals surface area contributed by atoms with Crippen LogP contribution >= 0.6 is 10.8 Å². The zero-order chi connectivity index (χ0) is 17.3. The Hall–Kier alpha value is -1.77. The minimum absolute atomic E-state index is 0.00761. The predicted molar refractivity (Wildman–Crippen MR) is 93.7 cm³/mol. The summed E-state index contributed by atoms with van der Waals surface area (Å²) in [5.74, 6) is -0.195. The monoisotopic (exact) mass is 354 g/mol. The largest absolute Gasteiger partial charge is 0.465 e. The van der Waals surface area contributed by atoms with Crippen LogP contribution < -0.4 is 9.21 Å². The molecule has 1 aromatic carbocycles. The van der Waals surface area contributed by atoms with Crippen molar-refractivity contribution >= 4 is 34.0 Å². The van der Waals surface area contributed by atoms with Gasteiger partial charge in [0.25, 0.3) is 0 Å². The van der Waals surface area contributed by atoms with E-state index in [1.165, 1.54) is 7.11 Å². The molecule has 2 fully saturated rings. The second kappa shape index (κ2) is 6.62. The molecule has 1 amide bonds. The summed E-state index contributed by atoms with van der Waals surface area (Å²) in [5.41, 5.74) is 1.42. The lowest BCUT2D eigenvalue weighted by Crippen LogP contribution is -2.34. The van der Waals surface area contributed by atoms with Crippen molar-refractivity contribution in [2.45, 2.75) is 25.7 Å². The molecule has 2 N–H and O–H groups in total. The molecule has 0 aromatic heterocycles. The number of rotatable bonds is 3. The van der Waals surface area contributed by atoms with Gasteiger partial charge in [-0.15, -0.1) is 10.8 Å². The normalized spacial score (nSPS) is 21.7. The Balaban J connectivity index is 2.04. The van der Waals surface area contributed by atoms with E-state index in [1.807, 2.05) is 0 Å². The van der Waals surface area contributed by atoms with Crippen molar-refractivity contribution in [3.05, 3.63) is 23.8 Å². The molecule has 3 rings (SSSR count). The third-order valence-electron chi connectivity index (χ3n) is 4.38. The van der Waals surface area contributed by atoms with Crippen molar-refractivity contribution in [3.8, 4) is 0 Å². The summed E-state index contributed by atoms with van der Waals surface area (Å²) in [5, 5.41) is 0.